The molecular weight excluding hydrogens is 452 g/mol. The molecule has 0 aromatic heterocycles. The zero-order chi connectivity index (χ0) is 21.8. The Bertz CT molecular complexity index is 1130. The Hall–Kier alpha value is -2.89. The minimum atomic E-state index is -0.469. The lowest BCUT2D eigenvalue weighted by Gasteiger charge is -2.22. The quantitative estimate of drug-likeness (QED) is 0.445. The summed E-state index contributed by atoms with van der Waals surface area (Å²) in [5, 5.41) is 2.89. The van der Waals surface area contributed by atoms with Gasteiger partial charge in [0.05, 0.1) is 0 Å². The van der Waals surface area contributed by atoms with E-state index in [0.717, 1.165) is 33.3 Å². The number of amides is 1. The summed E-state index contributed by atoms with van der Waals surface area (Å²) < 4.78 is 6.47. The van der Waals surface area contributed by atoms with Crippen LogP contribution in [0.5, 0.6) is 0 Å². The summed E-state index contributed by atoms with van der Waals surface area (Å²) in [5.74, 6) is 0.0597. The molecule has 0 heterocycles. The van der Waals surface area contributed by atoms with Crippen LogP contribution in [-0.2, 0) is 17.8 Å². The van der Waals surface area contributed by atoms with Crippen LogP contribution in [0.4, 0.5) is 10.5 Å². The van der Waals surface area contributed by atoms with Crippen molar-refractivity contribution in [2.24, 2.45) is 5.73 Å². The van der Waals surface area contributed by atoms with Gasteiger partial charge in [0.2, 0.25) is 0 Å². The Morgan fingerprint density at radius 2 is 1.94 bits per heavy atom. The van der Waals surface area contributed by atoms with Crippen LogP contribution in [0.3, 0.4) is 0 Å². The lowest BCUT2D eigenvalue weighted by atomic mass is 9.85. The van der Waals surface area contributed by atoms with Gasteiger partial charge in [-0.1, -0.05) is 70.5 Å². The first-order chi connectivity index (χ1) is 15.1. The monoisotopic (exact) mass is 476 g/mol. The van der Waals surface area contributed by atoms with Crippen LogP contribution in [-0.4, -0.2) is 12.6 Å². The topological polar surface area (TPSA) is 64.3 Å². The fraction of sp³-hybridized carbons (Fsp3) is 0.192. The van der Waals surface area contributed by atoms with Gasteiger partial charge in [0.15, 0.2) is 0 Å². The van der Waals surface area contributed by atoms with Gasteiger partial charge in [-0.05, 0) is 64.9 Å². The predicted molar refractivity (Wildman–Crippen MR) is 129 cm³/mol. The number of ether oxygens (including phenoxy) is 1. The highest BCUT2D eigenvalue weighted by molar-refractivity contribution is 9.10. The maximum atomic E-state index is 12.4. The Morgan fingerprint density at radius 3 is 2.71 bits per heavy atom. The number of benzene rings is 3. The van der Waals surface area contributed by atoms with E-state index >= 15 is 0 Å². The highest BCUT2D eigenvalue weighted by atomic mass is 79.9. The summed E-state index contributed by atoms with van der Waals surface area (Å²) in [6.45, 7) is 2.74. The first-order valence-electron chi connectivity index (χ1n) is 10.3. The molecule has 31 heavy (non-hydrogen) atoms. The van der Waals surface area contributed by atoms with Gasteiger partial charge in [-0.3, -0.25) is 5.32 Å². The molecule has 1 aliphatic rings. The Kier molecular flexibility index (Phi) is 6.54. The molecule has 1 unspecified atom stereocenters. The molecule has 0 saturated heterocycles. The van der Waals surface area contributed by atoms with Crippen molar-refractivity contribution >= 4 is 33.3 Å². The van der Waals surface area contributed by atoms with Crippen molar-refractivity contribution in [2.75, 3.05) is 11.9 Å². The van der Waals surface area contributed by atoms with Crippen molar-refractivity contribution in [1.29, 1.82) is 0 Å². The van der Waals surface area contributed by atoms with Crippen molar-refractivity contribution in [3.8, 4) is 0 Å². The van der Waals surface area contributed by atoms with Crippen LogP contribution in [0.2, 0.25) is 0 Å². The minimum absolute atomic E-state index is 0.0597. The molecule has 4 rings (SSSR count). The highest BCUT2D eigenvalue weighted by Gasteiger charge is 2.25. The summed E-state index contributed by atoms with van der Waals surface area (Å²) in [4.78, 5) is 12.4. The first kappa shape index (κ1) is 21.3. The van der Waals surface area contributed by atoms with E-state index in [-0.39, 0.29) is 12.5 Å². The number of fused-ring (bicyclic) bond motifs is 1. The van der Waals surface area contributed by atoms with Gasteiger partial charge in [0.1, 0.15) is 6.61 Å². The van der Waals surface area contributed by atoms with Gasteiger partial charge in [-0.25, -0.2) is 4.79 Å². The van der Waals surface area contributed by atoms with Crippen LogP contribution in [0.15, 0.2) is 77.3 Å². The molecule has 5 heteroatoms. The van der Waals surface area contributed by atoms with Crippen molar-refractivity contribution in [3.63, 3.8) is 0 Å². The van der Waals surface area contributed by atoms with E-state index in [2.05, 4.69) is 51.6 Å². The maximum Gasteiger partial charge on any atom is 0.411 e. The molecule has 0 fully saturated rings. The zero-order valence-corrected chi connectivity index (χ0v) is 19.0. The van der Waals surface area contributed by atoms with Gasteiger partial charge in [0.25, 0.3) is 0 Å². The lowest BCUT2D eigenvalue weighted by molar-refractivity contribution is 0.155. The number of carbonyl (C=O) groups is 1. The molecule has 1 aliphatic carbocycles. The molecule has 1 atom stereocenters. The zero-order valence-electron chi connectivity index (χ0n) is 17.4. The second-order valence-electron chi connectivity index (χ2n) is 7.66. The van der Waals surface area contributed by atoms with E-state index in [1.54, 1.807) is 0 Å². The van der Waals surface area contributed by atoms with Crippen molar-refractivity contribution in [3.05, 3.63) is 105 Å². The molecule has 3 N–H and O–H groups in total. The molecule has 0 spiro atoms. The average molecular weight is 477 g/mol. The number of hydrogen-bond acceptors (Lipinski definition) is 3. The number of nitrogens with two attached hydrogens (primary N) is 1. The van der Waals surface area contributed by atoms with E-state index in [4.69, 9.17) is 10.5 Å². The summed E-state index contributed by atoms with van der Waals surface area (Å²) in [6.07, 6.45) is 2.70. The third kappa shape index (κ3) is 4.73. The lowest BCUT2D eigenvalue weighted by Crippen LogP contribution is -2.18. The van der Waals surface area contributed by atoms with Gasteiger partial charge < -0.3 is 10.5 Å². The van der Waals surface area contributed by atoms with Crippen molar-refractivity contribution < 1.29 is 9.53 Å². The van der Waals surface area contributed by atoms with E-state index in [0.29, 0.717) is 6.54 Å². The molecule has 4 nitrogen and oxygen atoms in total. The van der Waals surface area contributed by atoms with Crippen molar-refractivity contribution in [2.45, 2.75) is 25.9 Å². The van der Waals surface area contributed by atoms with Crippen LogP contribution in [0.1, 0.15) is 33.7 Å². The molecule has 0 bridgehead atoms. The predicted octanol–water partition coefficient (Wildman–Crippen LogP) is 6.19. The standard InChI is InChI=1S/C26H25BrN2O2/c1-17-21(24(15-28)23-12-10-19-14-20(27)11-13-22(19)23)8-5-9-25(17)29-26(30)31-16-18-6-3-2-4-7-18/h2-9,11-14,24H,10,15-16,28H2,1H3,(H,29,30). The summed E-state index contributed by atoms with van der Waals surface area (Å²) in [5.41, 5.74) is 13.8. The fourth-order valence-electron chi connectivity index (χ4n) is 4.13. The van der Waals surface area contributed by atoms with Crippen LogP contribution in [0.25, 0.3) is 5.57 Å². The third-order valence-electron chi connectivity index (χ3n) is 5.73. The first-order valence-corrected chi connectivity index (χ1v) is 11.1. The number of hydrogen-bond donors (Lipinski definition) is 2. The number of nitrogens with one attached hydrogen (secondary N) is 1. The Morgan fingerprint density at radius 1 is 1.13 bits per heavy atom. The molecule has 0 aliphatic heterocycles. The maximum absolute atomic E-state index is 12.4. The van der Waals surface area contributed by atoms with E-state index < -0.39 is 6.09 Å². The second kappa shape index (κ2) is 9.50. The van der Waals surface area contributed by atoms with Crippen molar-refractivity contribution in [1.82, 2.24) is 0 Å². The van der Waals surface area contributed by atoms with Gasteiger partial charge >= 0.3 is 6.09 Å². The van der Waals surface area contributed by atoms with Crippen LogP contribution >= 0.6 is 15.9 Å². The van der Waals surface area contributed by atoms with E-state index in [1.165, 1.54) is 16.7 Å². The molecular formula is C26H25BrN2O2. The largest absolute Gasteiger partial charge is 0.444 e. The summed E-state index contributed by atoms with van der Waals surface area (Å²) in [6, 6.07) is 22.0. The SMILES string of the molecule is Cc1c(NC(=O)OCc2ccccc2)cccc1C(CN)C1=CCc2cc(Br)ccc21. The molecule has 158 valence electrons. The Labute approximate surface area is 191 Å². The third-order valence-corrected chi connectivity index (χ3v) is 6.23. The van der Waals surface area contributed by atoms with Gasteiger partial charge in [-0.15, -0.1) is 0 Å². The molecule has 0 radical (unpaired) electrons. The van der Waals surface area contributed by atoms with E-state index in [1.807, 2.05) is 49.4 Å². The molecule has 0 saturated carbocycles. The molecule has 3 aromatic carbocycles. The summed E-state index contributed by atoms with van der Waals surface area (Å²) >= 11 is 3.56. The number of allylic oxidation sites excluding steroid dienone is 1. The number of anilines is 1. The van der Waals surface area contributed by atoms with E-state index in [9.17, 15) is 4.79 Å². The van der Waals surface area contributed by atoms with Gasteiger partial charge in [-0.2, -0.15) is 0 Å². The van der Waals surface area contributed by atoms with Crippen LogP contribution in [0, 0.1) is 6.92 Å². The van der Waals surface area contributed by atoms with Gasteiger partial charge in [0, 0.05) is 22.6 Å². The Balaban J connectivity index is 1.52. The number of halogens is 1. The second-order valence-corrected chi connectivity index (χ2v) is 8.58. The number of carbonyl (C=O) groups excluding carboxylic acids is 1. The highest BCUT2D eigenvalue weighted by Crippen LogP contribution is 2.40. The summed E-state index contributed by atoms with van der Waals surface area (Å²) in [7, 11) is 0. The normalized spacial score (nSPS) is 13.3. The average Bonchev–Trinajstić information content (AvgIpc) is 3.19. The molecule has 1 amide bonds. The molecule has 3 aromatic rings. The van der Waals surface area contributed by atoms with Crippen LogP contribution < -0.4 is 11.1 Å². The minimum Gasteiger partial charge on any atom is -0.444 e. The smallest absolute Gasteiger partial charge is 0.411 e. The fourth-order valence-corrected chi connectivity index (χ4v) is 4.54. The number of rotatable bonds is 6.